The first-order chi connectivity index (χ1) is 6.29. The van der Waals surface area contributed by atoms with Crippen LogP contribution in [0, 0.1) is 0 Å². The number of methoxy groups -OCH3 is 1. The Balaban J connectivity index is 2.39. The zero-order chi connectivity index (χ0) is 9.68. The van der Waals surface area contributed by atoms with E-state index < -0.39 is 0 Å². The molecule has 0 aromatic carbocycles. The number of hydrogen-bond donors (Lipinski definition) is 1. The molecule has 1 N–H and O–H groups in total. The van der Waals surface area contributed by atoms with Crippen molar-refractivity contribution in [1.82, 2.24) is 4.90 Å². The monoisotopic (exact) mass is 187 g/mol. The van der Waals surface area contributed by atoms with Crippen LogP contribution in [0.5, 0.6) is 0 Å². The van der Waals surface area contributed by atoms with E-state index in [9.17, 15) is 4.79 Å². The van der Waals surface area contributed by atoms with Crippen LogP contribution in [0.4, 0.5) is 4.79 Å². The number of aliphatic hydroxyl groups is 1. The lowest BCUT2D eigenvalue weighted by Gasteiger charge is -2.22. The smallest absolute Gasteiger partial charge is 0.409 e. The van der Waals surface area contributed by atoms with E-state index in [0.29, 0.717) is 0 Å². The lowest BCUT2D eigenvalue weighted by atomic mass is 10.1. The number of aliphatic hydroxyl groups excluding tert-OH is 1. The first-order valence-electron chi connectivity index (χ1n) is 4.75. The highest BCUT2D eigenvalue weighted by Crippen LogP contribution is 2.21. The normalized spacial score (nSPS) is 22.0. The van der Waals surface area contributed by atoms with Crippen LogP contribution in [0.15, 0.2) is 0 Å². The zero-order valence-electron chi connectivity index (χ0n) is 8.03. The van der Waals surface area contributed by atoms with Gasteiger partial charge < -0.3 is 14.7 Å². The van der Waals surface area contributed by atoms with Gasteiger partial charge in [0.25, 0.3) is 0 Å². The molecule has 1 rings (SSSR count). The second kappa shape index (κ2) is 5.07. The Morgan fingerprint density at radius 1 is 1.69 bits per heavy atom. The van der Waals surface area contributed by atoms with Crippen molar-refractivity contribution in [1.29, 1.82) is 0 Å². The van der Waals surface area contributed by atoms with Crippen molar-refractivity contribution in [2.45, 2.75) is 31.7 Å². The van der Waals surface area contributed by atoms with Crippen molar-refractivity contribution in [2.75, 3.05) is 20.3 Å². The number of nitrogens with zero attached hydrogens (tertiary/aromatic N) is 1. The third-order valence-electron chi connectivity index (χ3n) is 2.48. The molecule has 13 heavy (non-hydrogen) atoms. The molecule has 0 radical (unpaired) electrons. The fourth-order valence-corrected chi connectivity index (χ4v) is 1.82. The van der Waals surface area contributed by atoms with Gasteiger partial charge in [0.15, 0.2) is 0 Å². The topological polar surface area (TPSA) is 49.8 Å². The molecule has 0 aromatic rings. The maximum absolute atomic E-state index is 11.2. The van der Waals surface area contributed by atoms with Gasteiger partial charge in [-0.3, -0.25) is 0 Å². The standard InChI is InChI=1S/C9H17NO3/c1-13-9(12)10-6-2-4-8(10)5-3-7-11/h8,11H,2-7H2,1H3. The molecule has 0 saturated carbocycles. The Kier molecular flexibility index (Phi) is 4.02. The van der Waals surface area contributed by atoms with Gasteiger partial charge >= 0.3 is 6.09 Å². The fraction of sp³-hybridized carbons (Fsp3) is 0.889. The second-order valence-corrected chi connectivity index (χ2v) is 3.33. The first kappa shape index (κ1) is 10.3. The predicted molar refractivity (Wildman–Crippen MR) is 48.5 cm³/mol. The van der Waals surface area contributed by atoms with Gasteiger partial charge in [-0.2, -0.15) is 0 Å². The van der Waals surface area contributed by atoms with Crippen molar-refractivity contribution in [3.8, 4) is 0 Å². The maximum atomic E-state index is 11.2. The Morgan fingerprint density at radius 2 is 2.46 bits per heavy atom. The molecular formula is C9H17NO3. The second-order valence-electron chi connectivity index (χ2n) is 3.33. The molecule has 1 unspecified atom stereocenters. The van der Waals surface area contributed by atoms with Crippen LogP contribution in [0.25, 0.3) is 0 Å². The lowest BCUT2D eigenvalue weighted by Crippen LogP contribution is -2.35. The molecule has 1 heterocycles. The van der Waals surface area contributed by atoms with Crippen LogP contribution < -0.4 is 0 Å². The van der Waals surface area contributed by atoms with Gasteiger partial charge in [0.05, 0.1) is 7.11 Å². The Bertz CT molecular complexity index is 172. The van der Waals surface area contributed by atoms with Crippen LogP contribution >= 0.6 is 0 Å². The highest BCUT2D eigenvalue weighted by Gasteiger charge is 2.28. The summed E-state index contributed by atoms with van der Waals surface area (Å²) in [6.07, 6.45) is 3.49. The molecule has 1 aliphatic rings. The van der Waals surface area contributed by atoms with E-state index in [1.165, 1.54) is 7.11 Å². The molecule has 1 saturated heterocycles. The molecule has 1 fully saturated rings. The first-order valence-corrected chi connectivity index (χ1v) is 4.75. The summed E-state index contributed by atoms with van der Waals surface area (Å²) in [5.41, 5.74) is 0. The van der Waals surface area contributed by atoms with Crippen molar-refractivity contribution in [3.05, 3.63) is 0 Å². The van der Waals surface area contributed by atoms with E-state index in [-0.39, 0.29) is 18.7 Å². The highest BCUT2D eigenvalue weighted by atomic mass is 16.5. The quantitative estimate of drug-likeness (QED) is 0.716. The van der Waals surface area contributed by atoms with Gasteiger partial charge in [0.1, 0.15) is 0 Å². The number of amides is 1. The van der Waals surface area contributed by atoms with E-state index in [0.717, 1.165) is 32.2 Å². The molecule has 1 aliphatic heterocycles. The molecule has 1 amide bonds. The van der Waals surface area contributed by atoms with E-state index >= 15 is 0 Å². The lowest BCUT2D eigenvalue weighted by molar-refractivity contribution is 0.115. The molecule has 76 valence electrons. The van der Waals surface area contributed by atoms with Crippen LogP contribution in [0.3, 0.4) is 0 Å². The van der Waals surface area contributed by atoms with E-state index in [4.69, 9.17) is 5.11 Å². The average molecular weight is 187 g/mol. The van der Waals surface area contributed by atoms with Crippen LogP contribution in [-0.2, 0) is 4.74 Å². The zero-order valence-corrected chi connectivity index (χ0v) is 8.03. The summed E-state index contributed by atoms with van der Waals surface area (Å²) in [6, 6.07) is 0.277. The Hall–Kier alpha value is -0.770. The summed E-state index contributed by atoms with van der Waals surface area (Å²) in [7, 11) is 1.41. The van der Waals surface area contributed by atoms with Crippen molar-refractivity contribution in [2.24, 2.45) is 0 Å². The van der Waals surface area contributed by atoms with Gasteiger partial charge in [0, 0.05) is 19.2 Å². The van der Waals surface area contributed by atoms with Crippen LogP contribution in [0.1, 0.15) is 25.7 Å². The van der Waals surface area contributed by atoms with E-state index in [1.54, 1.807) is 4.90 Å². The van der Waals surface area contributed by atoms with Gasteiger partial charge in [-0.15, -0.1) is 0 Å². The fourth-order valence-electron chi connectivity index (χ4n) is 1.82. The minimum atomic E-state index is -0.236. The Morgan fingerprint density at radius 3 is 3.08 bits per heavy atom. The number of carbonyl (C=O) groups is 1. The molecule has 0 spiro atoms. The van der Waals surface area contributed by atoms with Gasteiger partial charge in [-0.1, -0.05) is 0 Å². The third-order valence-corrected chi connectivity index (χ3v) is 2.48. The minimum Gasteiger partial charge on any atom is -0.453 e. The number of ether oxygens (including phenoxy) is 1. The third kappa shape index (κ3) is 2.59. The number of rotatable bonds is 3. The van der Waals surface area contributed by atoms with Crippen molar-refractivity contribution >= 4 is 6.09 Å². The SMILES string of the molecule is COC(=O)N1CCCC1CCCO. The maximum Gasteiger partial charge on any atom is 0.409 e. The number of carbonyl (C=O) groups excluding carboxylic acids is 1. The van der Waals surface area contributed by atoms with E-state index in [2.05, 4.69) is 4.74 Å². The van der Waals surface area contributed by atoms with Crippen LogP contribution in [0.2, 0.25) is 0 Å². The molecule has 4 nitrogen and oxygen atoms in total. The summed E-state index contributed by atoms with van der Waals surface area (Å²) in [5, 5.41) is 8.67. The van der Waals surface area contributed by atoms with Gasteiger partial charge in [-0.25, -0.2) is 4.79 Å². The predicted octanol–water partition coefficient (Wildman–Crippen LogP) is 0.990. The van der Waals surface area contributed by atoms with Gasteiger partial charge in [-0.05, 0) is 25.7 Å². The van der Waals surface area contributed by atoms with Crippen molar-refractivity contribution < 1.29 is 14.6 Å². The average Bonchev–Trinajstić information content (AvgIpc) is 2.61. The van der Waals surface area contributed by atoms with Gasteiger partial charge in [0.2, 0.25) is 0 Å². The summed E-state index contributed by atoms with van der Waals surface area (Å²) < 4.78 is 4.67. The molecular weight excluding hydrogens is 170 g/mol. The minimum absolute atomic E-state index is 0.200. The number of likely N-dealkylation sites (tertiary alicyclic amines) is 1. The Labute approximate surface area is 78.5 Å². The molecule has 1 atom stereocenters. The largest absolute Gasteiger partial charge is 0.453 e. The van der Waals surface area contributed by atoms with E-state index in [1.807, 2.05) is 0 Å². The van der Waals surface area contributed by atoms with Crippen LogP contribution in [-0.4, -0.2) is 42.4 Å². The summed E-state index contributed by atoms with van der Waals surface area (Å²) in [4.78, 5) is 13.0. The molecule has 0 bridgehead atoms. The number of hydrogen-bond acceptors (Lipinski definition) is 3. The summed E-state index contributed by atoms with van der Waals surface area (Å²) in [5.74, 6) is 0. The summed E-state index contributed by atoms with van der Waals surface area (Å²) >= 11 is 0. The molecule has 0 aromatic heterocycles. The molecule has 4 heteroatoms. The summed E-state index contributed by atoms with van der Waals surface area (Å²) in [6.45, 7) is 0.994. The van der Waals surface area contributed by atoms with Crippen molar-refractivity contribution in [3.63, 3.8) is 0 Å². The highest BCUT2D eigenvalue weighted by molar-refractivity contribution is 5.68. The molecule has 0 aliphatic carbocycles.